The van der Waals surface area contributed by atoms with Crippen molar-refractivity contribution in [3.05, 3.63) is 35.4 Å². The Morgan fingerprint density at radius 3 is 2.31 bits per heavy atom. The molecule has 2 aromatic rings. The Morgan fingerprint density at radius 2 is 1.69 bits per heavy atom. The fourth-order valence-corrected chi connectivity index (χ4v) is 4.22. The molecule has 194 valence electrons. The summed E-state index contributed by atoms with van der Waals surface area (Å²) in [5.74, 6) is -0.802. The number of nitrogen functional groups attached to an aromatic ring is 3. The monoisotopic (exact) mass is 499 g/mol. The number of amides is 1. The molecule has 3 rings (SSSR count). The van der Waals surface area contributed by atoms with Gasteiger partial charge in [-0.05, 0) is 51.0 Å². The molecule has 1 aliphatic heterocycles. The van der Waals surface area contributed by atoms with Gasteiger partial charge in [0.05, 0.1) is 13.2 Å². The second-order valence-corrected chi connectivity index (χ2v) is 8.37. The molecule has 7 N–H and O–H groups in total. The standard InChI is InChI=1S/C24H33N7O5/c1-3-35-18(32)10-9-17(23(34)36-4-2)28-22(33)14-5-7-16(8-6-14)31-12-11-15(13-31)19-20(25)29-24(27)30-21(19)26/h5-8,15,17H,3-4,9-13H2,1-2H3,(H,28,33)(H6,25,26,27,29,30). The Hall–Kier alpha value is -4.09. The molecule has 0 spiro atoms. The van der Waals surface area contributed by atoms with Crippen molar-refractivity contribution in [2.24, 2.45) is 0 Å². The molecule has 0 bridgehead atoms. The van der Waals surface area contributed by atoms with Gasteiger partial charge in [-0.1, -0.05) is 0 Å². The lowest BCUT2D eigenvalue weighted by molar-refractivity contribution is -0.146. The zero-order valence-electron chi connectivity index (χ0n) is 20.5. The van der Waals surface area contributed by atoms with Crippen LogP contribution in [-0.2, 0) is 19.1 Å². The van der Waals surface area contributed by atoms with Crippen molar-refractivity contribution in [1.29, 1.82) is 0 Å². The number of hydrogen-bond acceptors (Lipinski definition) is 11. The highest BCUT2D eigenvalue weighted by Crippen LogP contribution is 2.35. The number of rotatable bonds is 10. The lowest BCUT2D eigenvalue weighted by Gasteiger charge is -2.20. The summed E-state index contributed by atoms with van der Waals surface area (Å²) in [6.07, 6.45) is 0.879. The van der Waals surface area contributed by atoms with Gasteiger partial charge in [-0.3, -0.25) is 9.59 Å². The van der Waals surface area contributed by atoms with Crippen molar-refractivity contribution in [1.82, 2.24) is 15.3 Å². The van der Waals surface area contributed by atoms with Crippen LogP contribution in [0.1, 0.15) is 54.9 Å². The first-order chi connectivity index (χ1) is 17.2. The first-order valence-corrected chi connectivity index (χ1v) is 11.9. The van der Waals surface area contributed by atoms with E-state index in [0.717, 1.165) is 18.7 Å². The van der Waals surface area contributed by atoms with Crippen LogP contribution in [-0.4, -0.2) is 60.2 Å². The van der Waals surface area contributed by atoms with Crippen LogP contribution in [0.4, 0.5) is 23.3 Å². The zero-order chi connectivity index (χ0) is 26.2. The summed E-state index contributed by atoms with van der Waals surface area (Å²) in [6.45, 7) is 5.20. The van der Waals surface area contributed by atoms with Crippen LogP contribution in [0.3, 0.4) is 0 Å². The lowest BCUT2D eigenvalue weighted by atomic mass is 9.99. The van der Waals surface area contributed by atoms with E-state index in [1.807, 2.05) is 12.1 Å². The summed E-state index contributed by atoms with van der Waals surface area (Å²) in [5.41, 5.74) is 19.7. The number of carbonyl (C=O) groups excluding carboxylic acids is 3. The molecule has 12 heteroatoms. The van der Waals surface area contributed by atoms with E-state index < -0.39 is 23.9 Å². The Bertz CT molecular complexity index is 1070. The van der Waals surface area contributed by atoms with Crippen molar-refractivity contribution in [2.45, 2.75) is 45.1 Å². The number of esters is 2. The van der Waals surface area contributed by atoms with Crippen LogP contribution in [0.25, 0.3) is 0 Å². The highest BCUT2D eigenvalue weighted by molar-refractivity contribution is 5.97. The normalized spacial score (nSPS) is 15.8. The van der Waals surface area contributed by atoms with Gasteiger partial charge in [0.1, 0.15) is 17.7 Å². The van der Waals surface area contributed by atoms with Gasteiger partial charge in [-0.25, -0.2) is 4.79 Å². The fraction of sp³-hybridized carbons (Fsp3) is 0.458. The molecule has 2 unspecified atom stereocenters. The minimum Gasteiger partial charge on any atom is -0.466 e. The van der Waals surface area contributed by atoms with E-state index in [9.17, 15) is 14.4 Å². The van der Waals surface area contributed by atoms with Gasteiger partial charge in [0.25, 0.3) is 5.91 Å². The largest absolute Gasteiger partial charge is 0.466 e. The summed E-state index contributed by atoms with van der Waals surface area (Å²) in [7, 11) is 0. The third kappa shape index (κ3) is 6.52. The van der Waals surface area contributed by atoms with Crippen LogP contribution >= 0.6 is 0 Å². The molecule has 0 aliphatic carbocycles. The molecular weight excluding hydrogens is 466 g/mol. The van der Waals surface area contributed by atoms with E-state index in [2.05, 4.69) is 20.2 Å². The van der Waals surface area contributed by atoms with Crippen molar-refractivity contribution in [3.8, 4) is 0 Å². The molecule has 2 heterocycles. The van der Waals surface area contributed by atoms with Gasteiger partial charge in [-0.2, -0.15) is 9.97 Å². The third-order valence-corrected chi connectivity index (χ3v) is 5.93. The van der Waals surface area contributed by atoms with Gasteiger partial charge in [0, 0.05) is 42.2 Å². The van der Waals surface area contributed by atoms with Crippen LogP contribution < -0.4 is 27.4 Å². The maximum Gasteiger partial charge on any atom is 0.328 e. The Kier molecular flexibility index (Phi) is 8.87. The summed E-state index contributed by atoms with van der Waals surface area (Å²) < 4.78 is 9.95. The average molecular weight is 500 g/mol. The highest BCUT2D eigenvalue weighted by atomic mass is 16.5. The second kappa shape index (κ2) is 12.0. The summed E-state index contributed by atoms with van der Waals surface area (Å²) in [6, 6.07) is 6.07. The zero-order valence-corrected chi connectivity index (χ0v) is 20.5. The van der Waals surface area contributed by atoms with E-state index in [1.54, 1.807) is 26.0 Å². The number of carbonyl (C=O) groups is 3. The average Bonchev–Trinajstić information content (AvgIpc) is 3.31. The predicted molar refractivity (Wildman–Crippen MR) is 135 cm³/mol. The molecule has 0 saturated carbocycles. The maximum atomic E-state index is 12.8. The Morgan fingerprint density at radius 1 is 1.06 bits per heavy atom. The van der Waals surface area contributed by atoms with Gasteiger partial charge in [0.15, 0.2) is 0 Å². The Balaban J connectivity index is 1.64. The van der Waals surface area contributed by atoms with Crippen molar-refractivity contribution < 1.29 is 23.9 Å². The number of ether oxygens (including phenoxy) is 2. The molecule has 1 aliphatic rings. The van der Waals surface area contributed by atoms with Gasteiger partial charge in [-0.15, -0.1) is 0 Å². The molecule has 1 saturated heterocycles. The quantitative estimate of drug-likeness (QED) is 0.344. The maximum absolute atomic E-state index is 12.8. The first-order valence-electron chi connectivity index (χ1n) is 11.9. The Labute approximate surface area is 209 Å². The van der Waals surface area contributed by atoms with E-state index in [0.29, 0.717) is 17.7 Å². The molecule has 1 amide bonds. The number of hydrogen-bond donors (Lipinski definition) is 4. The second-order valence-electron chi connectivity index (χ2n) is 8.37. The van der Waals surface area contributed by atoms with E-state index >= 15 is 0 Å². The minimum absolute atomic E-state index is 0.0132. The lowest BCUT2D eigenvalue weighted by Crippen LogP contribution is -2.42. The minimum atomic E-state index is -0.959. The van der Waals surface area contributed by atoms with Crippen molar-refractivity contribution in [2.75, 3.05) is 48.4 Å². The van der Waals surface area contributed by atoms with Crippen molar-refractivity contribution >= 4 is 41.1 Å². The summed E-state index contributed by atoms with van der Waals surface area (Å²) in [5, 5.41) is 2.66. The molecule has 12 nitrogen and oxygen atoms in total. The predicted octanol–water partition coefficient (Wildman–Crippen LogP) is 1.22. The number of aromatic nitrogens is 2. The van der Waals surface area contributed by atoms with Crippen LogP contribution in [0.2, 0.25) is 0 Å². The molecular formula is C24H33N7O5. The first kappa shape index (κ1) is 26.5. The highest BCUT2D eigenvalue weighted by Gasteiger charge is 2.29. The third-order valence-electron chi connectivity index (χ3n) is 5.93. The van der Waals surface area contributed by atoms with E-state index in [-0.39, 0.29) is 49.6 Å². The summed E-state index contributed by atoms with van der Waals surface area (Å²) in [4.78, 5) is 47.0. The topological polar surface area (TPSA) is 189 Å². The molecule has 0 radical (unpaired) electrons. The van der Waals surface area contributed by atoms with Gasteiger partial charge < -0.3 is 36.9 Å². The van der Waals surface area contributed by atoms with Crippen molar-refractivity contribution in [3.63, 3.8) is 0 Å². The molecule has 1 aromatic carbocycles. The van der Waals surface area contributed by atoms with Crippen LogP contribution in [0.5, 0.6) is 0 Å². The number of nitrogens with one attached hydrogen (secondary N) is 1. The molecule has 2 atom stereocenters. The SMILES string of the molecule is CCOC(=O)CCC(NC(=O)c1ccc(N2CCC(c3c(N)nc(N)nc3N)C2)cc1)C(=O)OCC. The van der Waals surface area contributed by atoms with E-state index in [1.165, 1.54) is 0 Å². The van der Waals surface area contributed by atoms with Gasteiger partial charge >= 0.3 is 11.9 Å². The number of anilines is 4. The number of nitrogens with two attached hydrogens (primary N) is 3. The summed E-state index contributed by atoms with van der Waals surface area (Å²) >= 11 is 0. The molecule has 1 aromatic heterocycles. The van der Waals surface area contributed by atoms with E-state index in [4.69, 9.17) is 26.7 Å². The number of benzene rings is 1. The number of nitrogens with zero attached hydrogens (tertiary/aromatic N) is 3. The molecule has 36 heavy (non-hydrogen) atoms. The van der Waals surface area contributed by atoms with Crippen LogP contribution in [0, 0.1) is 0 Å². The fourth-order valence-electron chi connectivity index (χ4n) is 4.22. The smallest absolute Gasteiger partial charge is 0.328 e. The molecule has 1 fully saturated rings. The van der Waals surface area contributed by atoms with Gasteiger partial charge in [0.2, 0.25) is 5.95 Å². The van der Waals surface area contributed by atoms with Crippen LogP contribution in [0.15, 0.2) is 24.3 Å².